The van der Waals surface area contributed by atoms with Crippen molar-refractivity contribution in [1.29, 1.82) is 0 Å². The van der Waals surface area contributed by atoms with E-state index in [0.29, 0.717) is 17.2 Å². The summed E-state index contributed by atoms with van der Waals surface area (Å²) in [6.07, 6.45) is 0.0177. The summed E-state index contributed by atoms with van der Waals surface area (Å²) in [6, 6.07) is 21.0. The molecule has 3 N–H and O–H groups in total. The number of halogens is 1. The first-order chi connectivity index (χ1) is 23.1. The molecule has 0 spiro atoms. The number of likely N-dealkylation sites (N-methyl/N-ethyl adjacent to an activating group) is 2. The molecule has 12 nitrogen and oxygen atoms in total. The number of benzene rings is 3. The van der Waals surface area contributed by atoms with Crippen LogP contribution >= 0.6 is 11.6 Å². The summed E-state index contributed by atoms with van der Waals surface area (Å²) in [7, 11) is 1.48. The predicted octanol–water partition coefficient (Wildman–Crippen LogP) is 2.45. The van der Waals surface area contributed by atoms with Crippen LogP contribution in [0.2, 0.25) is 5.02 Å². The zero-order valence-electron chi connectivity index (χ0n) is 26.9. The van der Waals surface area contributed by atoms with Crippen LogP contribution in [0.3, 0.4) is 0 Å². The fraction of sp³-hybridized carbons (Fsp3) is 0.343. The molecule has 0 radical (unpaired) electrons. The van der Waals surface area contributed by atoms with Gasteiger partial charge in [0.25, 0.3) is 5.91 Å². The number of hydrogen-bond acceptors (Lipinski definition) is 7. The maximum Gasteiger partial charge on any atom is 0.255 e. The monoisotopic (exact) mass is 677 g/mol. The summed E-state index contributed by atoms with van der Waals surface area (Å²) < 4.78 is 11.7. The van der Waals surface area contributed by atoms with Crippen molar-refractivity contribution < 1.29 is 33.4 Å². The molecule has 13 heteroatoms. The first-order valence-corrected chi connectivity index (χ1v) is 16.0. The van der Waals surface area contributed by atoms with Gasteiger partial charge in [-0.1, -0.05) is 54.1 Å². The van der Waals surface area contributed by atoms with Crippen LogP contribution in [-0.2, 0) is 25.6 Å². The van der Waals surface area contributed by atoms with Gasteiger partial charge < -0.3 is 35.2 Å². The normalized spacial score (nSPS) is 18.1. The van der Waals surface area contributed by atoms with Crippen LogP contribution in [-0.4, -0.2) is 97.9 Å². The zero-order chi connectivity index (χ0) is 34.5. The fourth-order valence-corrected chi connectivity index (χ4v) is 5.13. The van der Waals surface area contributed by atoms with Gasteiger partial charge in [0.05, 0.1) is 37.7 Å². The molecule has 254 valence electrons. The van der Waals surface area contributed by atoms with Gasteiger partial charge in [-0.3, -0.25) is 24.0 Å². The van der Waals surface area contributed by atoms with Crippen LogP contribution in [0, 0.1) is 0 Å². The molecule has 2 atom stereocenters. The standard InChI is InChI=1S/C35H40ClN5O7/c1-3-41-22-33(44)40(2)21-31(42)38-26(19-24-9-5-4-6-10-24)23-48-30-12-8-7-11-28(30)34(45)39-29(20-32(41)43)35(46)37-17-18-47-27-15-13-25(36)14-16-27/h4-16,26,29H,3,17-23H2,1-2H3,(H,37,46)(H,38,42)(H,39,45)/t26-,29+/m1/s1. The lowest BCUT2D eigenvalue weighted by atomic mass is 10.1. The van der Waals surface area contributed by atoms with Crippen molar-refractivity contribution in [2.75, 3.05) is 46.4 Å². The van der Waals surface area contributed by atoms with E-state index in [0.717, 1.165) is 5.56 Å². The minimum atomic E-state index is -1.28. The molecule has 0 saturated heterocycles. The number of amides is 5. The molecule has 0 unspecified atom stereocenters. The Hall–Kier alpha value is -5.10. The smallest absolute Gasteiger partial charge is 0.255 e. The highest BCUT2D eigenvalue weighted by atomic mass is 35.5. The molecule has 1 aliphatic rings. The Kier molecular flexibility index (Phi) is 13.2. The first kappa shape index (κ1) is 35.7. The number of nitrogens with one attached hydrogen (secondary N) is 3. The summed E-state index contributed by atoms with van der Waals surface area (Å²) >= 11 is 5.92. The van der Waals surface area contributed by atoms with Gasteiger partial charge in [0.15, 0.2) is 0 Å². The van der Waals surface area contributed by atoms with Gasteiger partial charge in [-0.05, 0) is 55.3 Å². The summed E-state index contributed by atoms with van der Waals surface area (Å²) in [5.74, 6) is -1.85. The molecule has 0 aromatic heterocycles. The van der Waals surface area contributed by atoms with Gasteiger partial charge >= 0.3 is 0 Å². The third-order valence-electron chi connectivity index (χ3n) is 7.61. The highest BCUT2D eigenvalue weighted by molar-refractivity contribution is 6.30. The van der Waals surface area contributed by atoms with Crippen LogP contribution < -0.4 is 25.4 Å². The predicted molar refractivity (Wildman–Crippen MR) is 180 cm³/mol. The van der Waals surface area contributed by atoms with Crippen molar-refractivity contribution >= 4 is 41.1 Å². The van der Waals surface area contributed by atoms with E-state index in [9.17, 15) is 24.0 Å². The molecule has 5 amide bonds. The average molecular weight is 678 g/mol. The van der Waals surface area contributed by atoms with E-state index in [1.807, 2.05) is 30.3 Å². The van der Waals surface area contributed by atoms with Gasteiger partial charge in [-0.15, -0.1) is 0 Å². The molecule has 0 bridgehead atoms. The van der Waals surface area contributed by atoms with E-state index in [1.54, 1.807) is 55.5 Å². The van der Waals surface area contributed by atoms with Crippen molar-refractivity contribution in [3.05, 3.63) is 95.0 Å². The van der Waals surface area contributed by atoms with Crippen LogP contribution in [0.15, 0.2) is 78.9 Å². The molecular formula is C35H40ClN5O7. The number of fused-ring (bicyclic) bond motifs is 1. The summed E-state index contributed by atoms with van der Waals surface area (Å²) in [6.45, 7) is 1.54. The molecule has 4 rings (SSSR count). The molecular weight excluding hydrogens is 638 g/mol. The van der Waals surface area contributed by atoms with E-state index in [-0.39, 0.29) is 50.7 Å². The number of hydrogen-bond donors (Lipinski definition) is 3. The van der Waals surface area contributed by atoms with Gasteiger partial charge in [-0.25, -0.2) is 0 Å². The largest absolute Gasteiger partial charge is 0.492 e. The van der Waals surface area contributed by atoms with Gasteiger partial charge in [0.2, 0.25) is 23.6 Å². The Bertz CT molecular complexity index is 1570. The van der Waals surface area contributed by atoms with Gasteiger partial charge in [0, 0.05) is 18.6 Å². The zero-order valence-corrected chi connectivity index (χ0v) is 27.7. The van der Waals surface area contributed by atoms with Crippen molar-refractivity contribution in [3.63, 3.8) is 0 Å². The number of carbonyl (C=O) groups is 5. The second-order valence-corrected chi connectivity index (χ2v) is 11.7. The SMILES string of the molecule is CCN1CC(=O)N(C)CC(=O)N[C@H](Cc2ccccc2)COc2ccccc2C(=O)N[C@H](C(=O)NCCOc2ccc(Cl)cc2)CC1=O. The number of rotatable bonds is 8. The molecule has 0 aliphatic carbocycles. The minimum absolute atomic E-state index is 0.0161. The average Bonchev–Trinajstić information content (AvgIpc) is 3.08. The van der Waals surface area contributed by atoms with Crippen molar-refractivity contribution in [1.82, 2.24) is 25.8 Å². The van der Waals surface area contributed by atoms with Crippen LogP contribution in [0.5, 0.6) is 11.5 Å². The molecule has 0 fully saturated rings. The number of para-hydroxylation sites is 1. The summed E-state index contributed by atoms with van der Waals surface area (Å²) in [5.41, 5.74) is 1.10. The van der Waals surface area contributed by atoms with Crippen molar-refractivity contribution in [2.24, 2.45) is 0 Å². The second-order valence-electron chi connectivity index (χ2n) is 11.2. The Morgan fingerprint density at radius 3 is 2.38 bits per heavy atom. The van der Waals surface area contributed by atoms with Crippen LogP contribution in [0.25, 0.3) is 0 Å². The maximum absolute atomic E-state index is 13.6. The van der Waals surface area contributed by atoms with E-state index < -0.39 is 48.0 Å². The van der Waals surface area contributed by atoms with E-state index in [1.165, 1.54) is 16.8 Å². The molecule has 0 saturated carbocycles. The number of nitrogens with zero attached hydrogens (tertiary/aromatic N) is 2. The fourth-order valence-electron chi connectivity index (χ4n) is 5.00. The molecule has 48 heavy (non-hydrogen) atoms. The van der Waals surface area contributed by atoms with Crippen molar-refractivity contribution in [3.8, 4) is 11.5 Å². The van der Waals surface area contributed by atoms with E-state index in [2.05, 4.69) is 16.0 Å². The molecule has 3 aromatic carbocycles. The van der Waals surface area contributed by atoms with Crippen LogP contribution in [0.1, 0.15) is 29.3 Å². The maximum atomic E-state index is 13.6. The number of ether oxygens (including phenoxy) is 2. The summed E-state index contributed by atoms with van der Waals surface area (Å²) in [4.78, 5) is 69.1. The molecule has 3 aromatic rings. The van der Waals surface area contributed by atoms with Crippen LogP contribution in [0.4, 0.5) is 0 Å². The third kappa shape index (κ3) is 10.7. The first-order valence-electron chi connectivity index (χ1n) is 15.7. The molecule has 1 aliphatic heterocycles. The Balaban J connectivity index is 1.56. The van der Waals surface area contributed by atoms with Gasteiger partial charge in [-0.2, -0.15) is 0 Å². The highest BCUT2D eigenvalue weighted by Gasteiger charge is 2.29. The Labute approximate surface area is 284 Å². The summed E-state index contributed by atoms with van der Waals surface area (Å²) in [5, 5.41) is 8.90. The Morgan fingerprint density at radius 1 is 0.938 bits per heavy atom. The highest BCUT2D eigenvalue weighted by Crippen LogP contribution is 2.20. The number of carbonyl (C=O) groups excluding carboxylic acids is 5. The third-order valence-corrected chi connectivity index (χ3v) is 7.87. The second kappa shape index (κ2) is 17.7. The topological polar surface area (TPSA) is 146 Å². The van der Waals surface area contributed by atoms with E-state index >= 15 is 0 Å². The minimum Gasteiger partial charge on any atom is -0.492 e. The quantitative estimate of drug-likeness (QED) is 0.311. The lowest BCUT2D eigenvalue weighted by Crippen LogP contribution is -2.51. The Morgan fingerprint density at radius 2 is 1.65 bits per heavy atom. The molecule has 1 heterocycles. The van der Waals surface area contributed by atoms with Gasteiger partial charge in [0.1, 0.15) is 30.8 Å². The van der Waals surface area contributed by atoms with Crippen molar-refractivity contribution in [2.45, 2.75) is 31.8 Å². The van der Waals surface area contributed by atoms with E-state index in [4.69, 9.17) is 21.1 Å². The lowest BCUT2D eigenvalue weighted by Gasteiger charge is -2.26. The lowest BCUT2D eigenvalue weighted by molar-refractivity contribution is -0.142.